The summed E-state index contributed by atoms with van der Waals surface area (Å²) >= 11 is 6.72. The van der Waals surface area contributed by atoms with Gasteiger partial charge in [0.25, 0.3) is 11.1 Å². The van der Waals surface area contributed by atoms with Gasteiger partial charge in [0.15, 0.2) is 0 Å². The van der Waals surface area contributed by atoms with E-state index in [1.807, 2.05) is 31.2 Å². The molecule has 0 atom stereocenters. The molecule has 0 bridgehead atoms. The Hall–Kier alpha value is -3.55. The van der Waals surface area contributed by atoms with Gasteiger partial charge in [-0.25, -0.2) is 4.79 Å². The Bertz CT molecular complexity index is 1250. The van der Waals surface area contributed by atoms with Gasteiger partial charge in [-0.1, -0.05) is 35.9 Å². The lowest BCUT2D eigenvalue weighted by molar-refractivity contribution is -0.123. The third-order valence-corrected chi connectivity index (χ3v) is 6.07. The van der Waals surface area contributed by atoms with Gasteiger partial charge in [-0.05, 0) is 84.4 Å². The van der Waals surface area contributed by atoms with Crippen LogP contribution in [0.2, 0.25) is 5.02 Å². The van der Waals surface area contributed by atoms with Crippen molar-refractivity contribution < 1.29 is 23.9 Å². The molecule has 1 saturated heterocycles. The van der Waals surface area contributed by atoms with Crippen molar-refractivity contribution in [3.8, 4) is 11.5 Å². The highest BCUT2D eigenvalue weighted by Crippen LogP contribution is 2.32. The number of amides is 2. The van der Waals surface area contributed by atoms with Crippen LogP contribution in [0.5, 0.6) is 11.5 Å². The molecular formula is C26H20ClNO5S. The van der Waals surface area contributed by atoms with Crippen molar-refractivity contribution in [3.63, 3.8) is 0 Å². The van der Waals surface area contributed by atoms with Crippen LogP contribution in [0.25, 0.3) is 6.08 Å². The normalized spacial score (nSPS) is 14.5. The summed E-state index contributed by atoms with van der Waals surface area (Å²) in [6.07, 6.45) is 1.64. The third kappa shape index (κ3) is 5.87. The van der Waals surface area contributed by atoms with E-state index in [2.05, 4.69) is 0 Å². The van der Waals surface area contributed by atoms with Crippen molar-refractivity contribution in [1.29, 1.82) is 0 Å². The first-order valence-electron chi connectivity index (χ1n) is 10.4. The molecule has 0 spiro atoms. The zero-order chi connectivity index (χ0) is 24.1. The van der Waals surface area contributed by atoms with Crippen molar-refractivity contribution in [2.45, 2.75) is 6.92 Å². The maximum atomic E-state index is 12.7. The fraction of sp³-hybridized carbons (Fsp3) is 0.115. The first-order chi connectivity index (χ1) is 16.4. The Morgan fingerprint density at radius 3 is 2.44 bits per heavy atom. The summed E-state index contributed by atoms with van der Waals surface area (Å²) in [6, 6.07) is 20.6. The highest BCUT2D eigenvalue weighted by atomic mass is 35.5. The molecule has 3 aromatic carbocycles. The minimum atomic E-state index is -0.501. The zero-order valence-corrected chi connectivity index (χ0v) is 19.8. The molecule has 1 heterocycles. The van der Waals surface area contributed by atoms with E-state index in [9.17, 15) is 14.4 Å². The number of halogens is 1. The number of carbonyl (C=O) groups is 3. The van der Waals surface area contributed by atoms with Crippen molar-refractivity contribution in [1.82, 2.24) is 4.90 Å². The summed E-state index contributed by atoms with van der Waals surface area (Å²) in [6.45, 7) is 2.34. The number of thioether (sulfide) groups is 1. The molecule has 1 aliphatic heterocycles. The SMILES string of the molecule is Cc1cccc(OCCN2C(=O)S/C(=C\c3ccc(OC(=O)c4ccc(Cl)cc4)cc3)C2=O)c1. The number of benzene rings is 3. The van der Waals surface area contributed by atoms with Crippen LogP contribution in [0.1, 0.15) is 21.5 Å². The van der Waals surface area contributed by atoms with Gasteiger partial charge in [0, 0.05) is 5.02 Å². The van der Waals surface area contributed by atoms with Crippen LogP contribution >= 0.6 is 23.4 Å². The van der Waals surface area contributed by atoms with E-state index in [0.29, 0.717) is 32.6 Å². The lowest BCUT2D eigenvalue weighted by Gasteiger charge is -2.13. The van der Waals surface area contributed by atoms with Gasteiger partial charge in [0.1, 0.15) is 18.1 Å². The molecule has 1 fully saturated rings. The molecular weight excluding hydrogens is 474 g/mol. The molecule has 0 aromatic heterocycles. The second-order valence-corrected chi connectivity index (χ2v) is 8.89. The minimum Gasteiger partial charge on any atom is -0.492 e. The van der Waals surface area contributed by atoms with E-state index in [-0.39, 0.29) is 24.3 Å². The molecule has 0 radical (unpaired) electrons. The Morgan fingerprint density at radius 2 is 1.74 bits per heavy atom. The molecule has 0 aliphatic carbocycles. The summed E-state index contributed by atoms with van der Waals surface area (Å²) in [5.41, 5.74) is 2.15. The molecule has 1 aliphatic rings. The number of rotatable bonds is 7. The molecule has 0 saturated carbocycles. The maximum absolute atomic E-state index is 12.7. The second kappa shape index (κ2) is 10.6. The monoisotopic (exact) mass is 493 g/mol. The Morgan fingerprint density at radius 1 is 1.00 bits per heavy atom. The average molecular weight is 494 g/mol. The van der Waals surface area contributed by atoms with Crippen LogP contribution in [0.4, 0.5) is 4.79 Å². The highest BCUT2D eigenvalue weighted by Gasteiger charge is 2.34. The fourth-order valence-corrected chi connectivity index (χ4v) is 4.18. The van der Waals surface area contributed by atoms with E-state index in [1.165, 1.54) is 4.90 Å². The minimum absolute atomic E-state index is 0.162. The van der Waals surface area contributed by atoms with Crippen LogP contribution in [0, 0.1) is 6.92 Å². The standard InChI is InChI=1S/C26H20ClNO5S/c1-17-3-2-4-22(15-17)32-14-13-28-24(29)23(34-26(28)31)16-18-5-11-21(12-6-18)33-25(30)19-7-9-20(27)10-8-19/h2-12,15-16H,13-14H2,1H3/b23-16-. The molecule has 0 unspecified atom stereocenters. The lowest BCUT2D eigenvalue weighted by atomic mass is 10.2. The fourth-order valence-electron chi connectivity index (χ4n) is 3.19. The average Bonchev–Trinajstić information content (AvgIpc) is 3.08. The Kier molecular flexibility index (Phi) is 7.35. The summed E-state index contributed by atoms with van der Waals surface area (Å²) in [5, 5.41) is 0.196. The van der Waals surface area contributed by atoms with E-state index in [0.717, 1.165) is 17.3 Å². The van der Waals surface area contributed by atoms with Gasteiger partial charge < -0.3 is 9.47 Å². The summed E-state index contributed by atoms with van der Waals surface area (Å²) in [5.74, 6) is 0.192. The van der Waals surface area contributed by atoms with E-state index in [1.54, 1.807) is 54.6 Å². The van der Waals surface area contributed by atoms with Crippen molar-refractivity contribution >= 4 is 46.6 Å². The number of imide groups is 1. The molecule has 3 aromatic rings. The topological polar surface area (TPSA) is 72.9 Å². The maximum Gasteiger partial charge on any atom is 0.343 e. The predicted octanol–water partition coefficient (Wildman–Crippen LogP) is 5.98. The number of nitrogens with zero attached hydrogens (tertiary/aromatic N) is 1. The zero-order valence-electron chi connectivity index (χ0n) is 18.2. The molecule has 172 valence electrons. The summed E-state index contributed by atoms with van der Waals surface area (Å²) < 4.78 is 11.0. The van der Waals surface area contributed by atoms with Crippen LogP contribution in [0.15, 0.2) is 77.7 Å². The Labute approximate surface area is 206 Å². The van der Waals surface area contributed by atoms with Crippen molar-refractivity contribution in [2.24, 2.45) is 0 Å². The Balaban J connectivity index is 1.35. The van der Waals surface area contributed by atoms with Gasteiger partial charge in [0.05, 0.1) is 17.0 Å². The second-order valence-electron chi connectivity index (χ2n) is 7.46. The number of hydrogen-bond acceptors (Lipinski definition) is 6. The van der Waals surface area contributed by atoms with Crippen molar-refractivity contribution in [2.75, 3.05) is 13.2 Å². The van der Waals surface area contributed by atoms with E-state index < -0.39 is 5.97 Å². The van der Waals surface area contributed by atoms with Gasteiger partial charge in [-0.2, -0.15) is 0 Å². The summed E-state index contributed by atoms with van der Waals surface area (Å²) in [4.78, 5) is 38.7. The molecule has 8 heteroatoms. The number of esters is 1. The van der Waals surface area contributed by atoms with Gasteiger partial charge >= 0.3 is 5.97 Å². The lowest BCUT2D eigenvalue weighted by Crippen LogP contribution is -2.32. The van der Waals surface area contributed by atoms with Gasteiger partial charge in [-0.3, -0.25) is 14.5 Å². The van der Waals surface area contributed by atoms with Crippen LogP contribution in [-0.4, -0.2) is 35.2 Å². The van der Waals surface area contributed by atoms with Gasteiger partial charge in [0.2, 0.25) is 0 Å². The molecule has 2 amide bonds. The third-order valence-electron chi connectivity index (χ3n) is 4.92. The number of ether oxygens (including phenoxy) is 2. The molecule has 0 N–H and O–H groups in total. The summed E-state index contributed by atoms with van der Waals surface area (Å²) in [7, 11) is 0. The smallest absolute Gasteiger partial charge is 0.343 e. The highest BCUT2D eigenvalue weighted by molar-refractivity contribution is 8.18. The number of aryl methyl sites for hydroxylation is 1. The number of carbonyl (C=O) groups excluding carboxylic acids is 3. The quantitative estimate of drug-likeness (QED) is 0.229. The molecule has 6 nitrogen and oxygen atoms in total. The van der Waals surface area contributed by atoms with Crippen LogP contribution in [-0.2, 0) is 4.79 Å². The first kappa shape index (κ1) is 23.6. The van der Waals surface area contributed by atoms with Crippen LogP contribution in [0.3, 0.4) is 0 Å². The van der Waals surface area contributed by atoms with Gasteiger partial charge in [-0.15, -0.1) is 0 Å². The molecule has 4 rings (SSSR count). The molecule has 34 heavy (non-hydrogen) atoms. The number of hydrogen-bond donors (Lipinski definition) is 0. The first-order valence-corrected chi connectivity index (χ1v) is 11.6. The van der Waals surface area contributed by atoms with E-state index in [4.69, 9.17) is 21.1 Å². The van der Waals surface area contributed by atoms with E-state index >= 15 is 0 Å². The largest absolute Gasteiger partial charge is 0.492 e. The predicted molar refractivity (Wildman–Crippen MR) is 132 cm³/mol. The van der Waals surface area contributed by atoms with Crippen molar-refractivity contribution in [3.05, 3.63) is 99.4 Å². The van der Waals surface area contributed by atoms with Crippen LogP contribution < -0.4 is 9.47 Å².